The van der Waals surface area contributed by atoms with Crippen molar-refractivity contribution in [1.82, 2.24) is 25.3 Å². The van der Waals surface area contributed by atoms with Gasteiger partial charge in [-0.2, -0.15) is 0 Å². The van der Waals surface area contributed by atoms with Gasteiger partial charge in [-0.25, -0.2) is 0 Å². The maximum Gasteiger partial charge on any atom is 0.251 e. The lowest BCUT2D eigenvalue weighted by Gasteiger charge is -2.08. The Hall–Kier alpha value is -3.02. The van der Waals surface area contributed by atoms with Crippen molar-refractivity contribution in [3.8, 4) is 11.1 Å². The van der Waals surface area contributed by atoms with Crippen LogP contribution in [-0.2, 0) is 6.54 Å². The fourth-order valence-electron chi connectivity index (χ4n) is 2.74. The van der Waals surface area contributed by atoms with Crippen LogP contribution in [0.4, 0.5) is 0 Å². The van der Waals surface area contributed by atoms with Gasteiger partial charge in [0.1, 0.15) is 0 Å². The molecule has 2 heterocycles. The first-order valence-corrected chi connectivity index (χ1v) is 8.30. The Bertz CT molecular complexity index is 838. The van der Waals surface area contributed by atoms with Crippen molar-refractivity contribution < 1.29 is 4.79 Å². The minimum Gasteiger partial charge on any atom is -0.352 e. The first-order chi connectivity index (χ1) is 12.1. The summed E-state index contributed by atoms with van der Waals surface area (Å²) >= 11 is 0. The van der Waals surface area contributed by atoms with Crippen LogP contribution in [0.25, 0.3) is 11.1 Å². The van der Waals surface area contributed by atoms with Crippen molar-refractivity contribution in [1.29, 1.82) is 0 Å². The summed E-state index contributed by atoms with van der Waals surface area (Å²) in [5, 5.41) is 10.6. The Morgan fingerprint density at radius 3 is 2.64 bits per heavy atom. The third-order valence-corrected chi connectivity index (χ3v) is 3.86. The van der Waals surface area contributed by atoms with E-state index in [0.717, 1.165) is 35.5 Å². The molecule has 0 spiro atoms. The highest BCUT2D eigenvalue weighted by molar-refractivity contribution is 5.95. The number of nitrogens with one attached hydrogen (secondary N) is 1. The molecule has 0 atom stereocenters. The largest absolute Gasteiger partial charge is 0.352 e. The molecule has 0 aliphatic carbocycles. The number of amides is 1. The number of benzene rings is 1. The Balaban J connectivity index is 1.63. The number of aromatic nitrogens is 4. The predicted octanol–water partition coefficient (Wildman–Crippen LogP) is 2.78. The van der Waals surface area contributed by atoms with Crippen molar-refractivity contribution in [2.45, 2.75) is 26.8 Å². The zero-order chi connectivity index (χ0) is 17.6. The molecule has 1 aromatic carbocycles. The van der Waals surface area contributed by atoms with Gasteiger partial charge in [-0.05, 0) is 55.7 Å². The van der Waals surface area contributed by atoms with Gasteiger partial charge < -0.3 is 5.32 Å². The number of carbonyl (C=O) groups excluding carboxylic acids is 1. The quantitative estimate of drug-likeness (QED) is 0.703. The standard InChI is InChI=1S/C19H21N5O/c1-14-11-18(12-15(2)22-14)16-5-3-6-17(13-16)19(25)20-7-4-9-24-10-8-21-23-24/h3,5-6,8,10-13H,4,7,9H2,1-2H3,(H,20,25). The summed E-state index contributed by atoms with van der Waals surface area (Å²) < 4.78 is 1.75. The molecule has 128 valence electrons. The first kappa shape index (κ1) is 16.8. The molecule has 0 saturated heterocycles. The molecule has 0 radical (unpaired) electrons. The SMILES string of the molecule is Cc1cc(-c2cccc(C(=O)NCCCn3ccnn3)c2)cc(C)n1. The maximum atomic E-state index is 12.4. The maximum absolute atomic E-state index is 12.4. The second-order valence-electron chi connectivity index (χ2n) is 5.99. The van der Waals surface area contributed by atoms with Crippen LogP contribution < -0.4 is 5.32 Å². The summed E-state index contributed by atoms with van der Waals surface area (Å²) in [6.45, 7) is 5.27. The highest BCUT2D eigenvalue weighted by atomic mass is 16.1. The number of rotatable bonds is 6. The van der Waals surface area contributed by atoms with Gasteiger partial charge in [0.15, 0.2) is 0 Å². The van der Waals surface area contributed by atoms with E-state index < -0.39 is 0 Å². The Morgan fingerprint density at radius 2 is 1.92 bits per heavy atom. The molecular formula is C19H21N5O. The third-order valence-electron chi connectivity index (χ3n) is 3.86. The van der Waals surface area contributed by atoms with Crippen LogP contribution in [0.2, 0.25) is 0 Å². The fraction of sp³-hybridized carbons (Fsp3) is 0.263. The van der Waals surface area contributed by atoms with Gasteiger partial charge >= 0.3 is 0 Å². The summed E-state index contributed by atoms with van der Waals surface area (Å²) in [6, 6.07) is 11.7. The van der Waals surface area contributed by atoms with E-state index in [1.165, 1.54) is 0 Å². The summed E-state index contributed by atoms with van der Waals surface area (Å²) in [4.78, 5) is 16.8. The molecule has 1 N–H and O–H groups in total. The van der Waals surface area contributed by atoms with Crippen LogP contribution in [0.5, 0.6) is 0 Å². The van der Waals surface area contributed by atoms with E-state index >= 15 is 0 Å². The molecule has 25 heavy (non-hydrogen) atoms. The van der Waals surface area contributed by atoms with E-state index in [0.29, 0.717) is 12.1 Å². The van der Waals surface area contributed by atoms with Crippen molar-refractivity contribution in [3.63, 3.8) is 0 Å². The van der Waals surface area contributed by atoms with Gasteiger partial charge in [0, 0.05) is 36.2 Å². The number of carbonyl (C=O) groups is 1. The van der Waals surface area contributed by atoms with Crippen LogP contribution in [0, 0.1) is 13.8 Å². The number of aryl methyl sites for hydroxylation is 3. The molecule has 6 nitrogen and oxygen atoms in total. The van der Waals surface area contributed by atoms with Crippen LogP contribution >= 0.6 is 0 Å². The summed E-state index contributed by atoms with van der Waals surface area (Å²) in [6.07, 6.45) is 4.26. The summed E-state index contributed by atoms with van der Waals surface area (Å²) in [7, 11) is 0. The molecule has 0 aliphatic rings. The van der Waals surface area contributed by atoms with Gasteiger partial charge in [0.05, 0.1) is 6.20 Å². The second kappa shape index (κ2) is 7.70. The smallest absolute Gasteiger partial charge is 0.251 e. The van der Waals surface area contributed by atoms with Crippen LogP contribution in [0.3, 0.4) is 0 Å². The highest BCUT2D eigenvalue weighted by Gasteiger charge is 2.07. The molecule has 1 amide bonds. The fourth-order valence-corrected chi connectivity index (χ4v) is 2.74. The van der Waals surface area contributed by atoms with Crippen molar-refractivity contribution in [2.24, 2.45) is 0 Å². The molecule has 0 bridgehead atoms. The molecular weight excluding hydrogens is 314 g/mol. The van der Waals surface area contributed by atoms with E-state index in [2.05, 4.69) is 20.6 Å². The number of nitrogens with zero attached hydrogens (tertiary/aromatic N) is 4. The zero-order valence-corrected chi connectivity index (χ0v) is 14.4. The van der Waals surface area contributed by atoms with Gasteiger partial charge in [-0.1, -0.05) is 17.3 Å². The zero-order valence-electron chi connectivity index (χ0n) is 14.4. The number of pyridine rings is 1. The minimum atomic E-state index is -0.0667. The lowest BCUT2D eigenvalue weighted by atomic mass is 10.0. The molecule has 0 aliphatic heterocycles. The average molecular weight is 335 g/mol. The van der Waals surface area contributed by atoms with Gasteiger partial charge in [-0.15, -0.1) is 5.10 Å². The van der Waals surface area contributed by atoms with Crippen molar-refractivity contribution in [3.05, 3.63) is 65.7 Å². The molecule has 6 heteroatoms. The first-order valence-electron chi connectivity index (χ1n) is 8.30. The molecule has 0 fully saturated rings. The van der Waals surface area contributed by atoms with E-state index in [1.807, 2.05) is 56.4 Å². The molecule has 3 aromatic rings. The van der Waals surface area contributed by atoms with Crippen LogP contribution in [-0.4, -0.2) is 32.4 Å². The Morgan fingerprint density at radius 1 is 1.12 bits per heavy atom. The Kier molecular flexibility index (Phi) is 5.18. The molecule has 3 rings (SSSR count). The second-order valence-corrected chi connectivity index (χ2v) is 5.99. The molecule has 2 aromatic heterocycles. The van der Waals surface area contributed by atoms with Crippen LogP contribution in [0.15, 0.2) is 48.8 Å². The highest BCUT2D eigenvalue weighted by Crippen LogP contribution is 2.22. The Labute approximate surface area is 146 Å². The molecule has 0 saturated carbocycles. The summed E-state index contributed by atoms with van der Waals surface area (Å²) in [5.74, 6) is -0.0667. The monoisotopic (exact) mass is 335 g/mol. The number of hydrogen-bond donors (Lipinski definition) is 1. The van der Waals surface area contributed by atoms with Gasteiger partial charge in [0.25, 0.3) is 5.91 Å². The topological polar surface area (TPSA) is 72.7 Å². The minimum absolute atomic E-state index is 0.0667. The summed E-state index contributed by atoms with van der Waals surface area (Å²) in [5.41, 5.74) is 4.69. The van der Waals surface area contributed by atoms with E-state index in [1.54, 1.807) is 10.9 Å². The average Bonchev–Trinajstić information content (AvgIpc) is 3.11. The third kappa shape index (κ3) is 4.50. The van der Waals surface area contributed by atoms with Gasteiger partial charge in [-0.3, -0.25) is 14.5 Å². The van der Waals surface area contributed by atoms with Crippen LogP contribution in [0.1, 0.15) is 28.2 Å². The lowest BCUT2D eigenvalue weighted by molar-refractivity contribution is 0.0952. The lowest BCUT2D eigenvalue weighted by Crippen LogP contribution is -2.25. The number of hydrogen-bond acceptors (Lipinski definition) is 4. The van der Waals surface area contributed by atoms with E-state index in [9.17, 15) is 4.79 Å². The molecule has 0 unspecified atom stereocenters. The van der Waals surface area contributed by atoms with Gasteiger partial charge in [0.2, 0.25) is 0 Å². The van der Waals surface area contributed by atoms with Crippen molar-refractivity contribution in [2.75, 3.05) is 6.54 Å². The predicted molar refractivity (Wildman–Crippen MR) is 96.1 cm³/mol. The normalized spacial score (nSPS) is 10.6. The van der Waals surface area contributed by atoms with Crippen molar-refractivity contribution >= 4 is 5.91 Å². The van der Waals surface area contributed by atoms with E-state index in [-0.39, 0.29) is 5.91 Å². The van der Waals surface area contributed by atoms with E-state index in [4.69, 9.17) is 0 Å².